The second kappa shape index (κ2) is 5.97. The molecule has 6 nitrogen and oxygen atoms in total. The van der Waals surface area contributed by atoms with Gasteiger partial charge in [-0.3, -0.25) is 4.79 Å². The Morgan fingerprint density at radius 2 is 2.06 bits per heavy atom. The maximum Gasteiger partial charge on any atom is 0.328 e. The first-order chi connectivity index (χ1) is 8.05. The molecule has 0 radical (unpaired) electrons. The Hall–Kier alpha value is -1.14. The van der Waals surface area contributed by atoms with Crippen molar-refractivity contribution in [3.05, 3.63) is 0 Å². The van der Waals surface area contributed by atoms with Gasteiger partial charge in [-0.15, -0.1) is 0 Å². The summed E-state index contributed by atoms with van der Waals surface area (Å²) in [4.78, 5) is 23.0. The molecule has 1 amide bonds. The van der Waals surface area contributed by atoms with Crippen molar-refractivity contribution in [2.24, 2.45) is 11.1 Å². The van der Waals surface area contributed by atoms with E-state index >= 15 is 0 Å². The second-order valence-electron chi connectivity index (χ2n) is 4.51. The molecule has 1 saturated carbocycles. The van der Waals surface area contributed by atoms with Gasteiger partial charge in [0.15, 0.2) is 6.04 Å². The molecule has 0 spiro atoms. The lowest BCUT2D eigenvalue weighted by Crippen LogP contribution is -2.51. The number of carboxylic acids is 1. The van der Waals surface area contributed by atoms with Crippen LogP contribution in [0.25, 0.3) is 0 Å². The summed E-state index contributed by atoms with van der Waals surface area (Å²) in [5, 5.41) is 11.4. The summed E-state index contributed by atoms with van der Waals surface area (Å²) in [6.07, 6.45) is 3.39. The van der Waals surface area contributed by atoms with E-state index in [1.54, 1.807) is 0 Å². The molecule has 1 atom stereocenters. The fourth-order valence-corrected chi connectivity index (χ4v) is 2.23. The van der Waals surface area contributed by atoms with E-state index in [9.17, 15) is 9.59 Å². The molecule has 1 rings (SSSR count). The number of nitrogens with one attached hydrogen (secondary N) is 1. The van der Waals surface area contributed by atoms with Crippen molar-refractivity contribution in [1.82, 2.24) is 5.32 Å². The molecule has 0 aromatic carbocycles. The number of hydrogen-bond acceptors (Lipinski definition) is 4. The van der Waals surface area contributed by atoms with Crippen LogP contribution in [0.5, 0.6) is 0 Å². The summed E-state index contributed by atoms with van der Waals surface area (Å²) in [5.74, 6) is -1.35. The Morgan fingerprint density at radius 1 is 1.47 bits per heavy atom. The van der Waals surface area contributed by atoms with Gasteiger partial charge >= 0.3 is 5.97 Å². The van der Waals surface area contributed by atoms with Crippen LogP contribution >= 0.6 is 0 Å². The normalized spacial score (nSPS) is 19.9. The molecule has 0 aromatic heterocycles. The largest absolute Gasteiger partial charge is 0.480 e. The Balaban J connectivity index is 2.65. The minimum atomic E-state index is -1.09. The van der Waals surface area contributed by atoms with E-state index in [0.29, 0.717) is 0 Å². The van der Waals surface area contributed by atoms with Crippen LogP contribution in [0.15, 0.2) is 0 Å². The summed E-state index contributed by atoms with van der Waals surface area (Å²) in [6, 6.07) is -1.00. The van der Waals surface area contributed by atoms with Crippen LogP contribution in [-0.2, 0) is 14.3 Å². The van der Waals surface area contributed by atoms with Crippen molar-refractivity contribution in [3.8, 4) is 0 Å². The number of carbonyl (C=O) groups is 2. The first-order valence-electron chi connectivity index (χ1n) is 5.78. The first kappa shape index (κ1) is 13.9. The number of amides is 1. The highest BCUT2D eigenvalue weighted by Crippen LogP contribution is 2.37. The summed E-state index contributed by atoms with van der Waals surface area (Å²) in [7, 11) is 1.40. The van der Waals surface area contributed by atoms with Crippen molar-refractivity contribution in [2.45, 2.75) is 31.7 Å². The maximum absolute atomic E-state index is 12.1. The van der Waals surface area contributed by atoms with Gasteiger partial charge in [0.25, 0.3) is 0 Å². The zero-order valence-electron chi connectivity index (χ0n) is 10.1. The first-order valence-corrected chi connectivity index (χ1v) is 5.78. The summed E-state index contributed by atoms with van der Waals surface area (Å²) in [5.41, 5.74) is 5.07. The molecule has 1 aliphatic rings. The lowest BCUT2D eigenvalue weighted by molar-refractivity contribution is -0.145. The fourth-order valence-electron chi connectivity index (χ4n) is 2.23. The van der Waals surface area contributed by atoms with Gasteiger partial charge in [-0.1, -0.05) is 12.8 Å². The van der Waals surface area contributed by atoms with Gasteiger partial charge in [-0.05, 0) is 12.8 Å². The molecule has 4 N–H and O–H groups in total. The summed E-state index contributed by atoms with van der Waals surface area (Å²) < 4.78 is 4.77. The van der Waals surface area contributed by atoms with Crippen LogP contribution in [0, 0.1) is 5.41 Å². The zero-order chi connectivity index (χ0) is 12.9. The molecule has 98 valence electrons. The second-order valence-corrected chi connectivity index (χ2v) is 4.51. The third-order valence-corrected chi connectivity index (χ3v) is 3.37. The van der Waals surface area contributed by atoms with Crippen LogP contribution in [-0.4, -0.2) is 43.3 Å². The van der Waals surface area contributed by atoms with Gasteiger partial charge in [0.05, 0.1) is 12.0 Å². The number of ether oxygens (including phenoxy) is 1. The molecular formula is C11H20N2O4. The van der Waals surface area contributed by atoms with Crippen LogP contribution < -0.4 is 11.1 Å². The van der Waals surface area contributed by atoms with E-state index in [2.05, 4.69) is 5.32 Å². The van der Waals surface area contributed by atoms with Crippen molar-refractivity contribution in [3.63, 3.8) is 0 Å². The maximum atomic E-state index is 12.1. The Bertz CT molecular complexity index is 287. The Morgan fingerprint density at radius 3 is 2.47 bits per heavy atom. The highest BCUT2D eigenvalue weighted by molar-refractivity contribution is 5.87. The van der Waals surface area contributed by atoms with Gasteiger partial charge in [0, 0.05) is 13.7 Å². The van der Waals surface area contributed by atoms with Gasteiger partial charge < -0.3 is 20.9 Å². The summed E-state index contributed by atoms with van der Waals surface area (Å²) in [6.45, 7) is 0.222. The summed E-state index contributed by atoms with van der Waals surface area (Å²) >= 11 is 0. The smallest absolute Gasteiger partial charge is 0.328 e. The topological polar surface area (TPSA) is 102 Å². The average Bonchev–Trinajstić information content (AvgIpc) is 2.78. The number of nitrogens with two attached hydrogens (primary N) is 1. The van der Waals surface area contributed by atoms with E-state index in [1.165, 1.54) is 7.11 Å². The van der Waals surface area contributed by atoms with Crippen LogP contribution in [0.4, 0.5) is 0 Å². The van der Waals surface area contributed by atoms with Gasteiger partial charge in [0.2, 0.25) is 5.91 Å². The zero-order valence-corrected chi connectivity index (χ0v) is 10.1. The fraction of sp³-hybridized carbons (Fsp3) is 0.818. The van der Waals surface area contributed by atoms with E-state index in [1.807, 2.05) is 0 Å². The minimum absolute atomic E-state index is 0.0400. The van der Waals surface area contributed by atoms with Crippen molar-refractivity contribution in [2.75, 3.05) is 20.3 Å². The highest BCUT2D eigenvalue weighted by atomic mass is 16.5. The standard InChI is InChI=1S/C11H20N2O4/c1-17-6-8(9(14)15)13-10(16)11(7-12)4-2-3-5-11/h8H,2-7,12H2,1H3,(H,13,16)(H,14,15). The molecule has 1 unspecified atom stereocenters. The van der Waals surface area contributed by atoms with Crippen LogP contribution in [0.2, 0.25) is 0 Å². The molecule has 17 heavy (non-hydrogen) atoms. The van der Waals surface area contributed by atoms with Gasteiger partial charge in [0.1, 0.15) is 0 Å². The number of methoxy groups -OCH3 is 1. The third kappa shape index (κ3) is 3.17. The predicted octanol–water partition coefficient (Wildman–Crippen LogP) is -0.279. The number of aliphatic carboxylic acids is 1. The quantitative estimate of drug-likeness (QED) is 0.596. The van der Waals surface area contributed by atoms with Crippen LogP contribution in [0.3, 0.4) is 0 Å². The highest BCUT2D eigenvalue weighted by Gasteiger charge is 2.41. The lowest BCUT2D eigenvalue weighted by Gasteiger charge is -2.27. The third-order valence-electron chi connectivity index (χ3n) is 3.37. The molecular weight excluding hydrogens is 224 g/mol. The predicted molar refractivity (Wildman–Crippen MR) is 61.4 cm³/mol. The van der Waals surface area contributed by atoms with Gasteiger partial charge in [-0.2, -0.15) is 0 Å². The van der Waals surface area contributed by atoms with E-state index in [4.69, 9.17) is 15.6 Å². The number of carbonyl (C=O) groups excluding carboxylic acids is 1. The molecule has 0 aromatic rings. The van der Waals surface area contributed by atoms with Gasteiger partial charge in [-0.25, -0.2) is 4.79 Å². The number of rotatable bonds is 6. The molecule has 0 aliphatic heterocycles. The number of hydrogen-bond donors (Lipinski definition) is 3. The molecule has 0 heterocycles. The van der Waals surface area contributed by atoms with Crippen molar-refractivity contribution in [1.29, 1.82) is 0 Å². The Labute approximate surface area is 101 Å². The average molecular weight is 244 g/mol. The molecule has 0 saturated heterocycles. The minimum Gasteiger partial charge on any atom is -0.480 e. The molecule has 6 heteroatoms. The van der Waals surface area contributed by atoms with E-state index in [-0.39, 0.29) is 19.1 Å². The van der Waals surface area contributed by atoms with Crippen LogP contribution in [0.1, 0.15) is 25.7 Å². The monoisotopic (exact) mass is 244 g/mol. The molecule has 1 aliphatic carbocycles. The lowest BCUT2D eigenvalue weighted by atomic mass is 9.85. The number of carboxylic acid groups (broad SMARTS) is 1. The van der Waals surface area contributed by atoms with E-state index < -0.39 is 17.4 Å². The van der Waals surface area contributed by atoms with Crippen molar-refractivity contribution < 1.29 is 19.4 Å². The van der Waals surface area contributed by atoms with E-state index in [0.717, 1.165) is 25.7 Å². The molecule has 1 fully saturated rings. The van der Waals surface area contributed by atoms with Crippen molar-refractivity contribution >= 4 is 11.9 Å². The molecule has 0 bridgehead atoms. The Kier molecular flexibility index (Phi) is 4.89. The SMILES string of the molecule is COCC(NC(=O)C1(CN)CCCC1)C(=O)O.